The van der Waals surface area contributed by atoms with Crippen molar-refractivity contribution in [3.8, 4) is 0 Å². The number of rotatable bonds is 8. The smallest absolute Gasteiger partial charge is 0.0701 e. The third-order valence-electron chi connectivity index (χ3n) is 3.86. The van der Waals surface area contributed by atoms with Gasteiger partial charge in [0.15, 0.2) is 0 Å². The van der Waals surface area contributed by atoms with Crippen molar-refractivity contribution in [2.45, 2.75) is 45.1 Å². The topological polar surface area (TPSA) is 12.0 Å². The van der Waals surface area contributed by atoms with Crippen molar-refractivity contribution in [2.24, 2.45) is 0 Å². The highest BCUT2D eigenvalue weighted by molar-refractivity contribution is 9.11. The molecule has 1 N–H and O–H groups in total. The first-order valence-corrected chi connectivity index (χ1v) is 9.38. The fraction of sp³-hybridized carbons (Fsp3) is 0.444. The highest BCUT2D eigenvalue weighted by atomic mass is 79.9. The molecule has 2 unspecified atom stereocenters. The van der Waals surface area contributed by atoms with E-state index in [0.717, 1.165) is 19.4 Å². The van der Waals surface area contributed by atoms with Crippen molar-refractivity contribution in [3.63, 3.8) is 0 Å². The minimum Gasteiger partial charge on any atom is -0.313 e. The molecule has 0 aliphatic heterocycles. The lowest BCUT2D eigenvalue weighted by Crippen LogP contribution is -2.37. The van der Waals surface area contributed by atoms with Crippen molar-refractivity contribution in [1.29, 1.82) is 0 Å². The van der Waals surface area contributed by atoms with E-state index < -0.39 is 0 Å². The fourth-order valence-electron chi connectivity index (χ4n) is 2.82. The third kappa shape index (κ3) is 4.94. The van der Waals surface area contributed by atoms with Gasteiger partial charge in [0.25, 0.3) is 0 Å². The first-order valence-electron chi connectivity index (χ1n) is 7.77. The lowest BCUT2D eigenvalue weighted by molar-refractivity contribution is 0.421. The van der Waals surface area contributed by atoms with E-state index in [1.165, 1.54) is 20.6 Å². The molecule has 0 fully saturated rings. The molecule has 0 aliphatic carbocycles. The number of nitrogens with one attached hydrogen (secondary N) is 1. The van der Waals surface area contributed by atoms with E-state index in [0.29, 0.717) is 12.0 Å². The van der Waals surface area contributed by atoms with Crippen LogP contribution in [-0.4, -0.2) is 12.6 Å². The predicted molar refractivity (Wildman–Crippen MR) is 97.3 cm³/mol. The zero-order chi connectivity index (χ0) is 15.1. The molecule has 0 aliphatic rings. The summed E-state index contributed by atoms with van der Waals surface area (Å²) >= 11 is 5.42. The summed E-state index contributed by atoms with van der Waals surface area (Å²) < 4.78 is 1.22. The van der Waals surface area contributed by atoms with Gasteiger partial charge in [0.2, 0.25) is 0 Å². The second-order valence-electron chi connectivity index (χ2n) is 5.40. The predicted octanol–water partition coefficient (Wildman–Crippen LogP) is 5.62. The third-order valence-corrected chi connectivity index (χ3v) is 5.51. The van der Waals surface area contributed by atoms with Crippen LogP contribution in [0.2, 0.25) is 0 Å². The number of hydrogen-bond donors (Lipinski definition) is 1. The Hall–Kier alpha value is -0.640. The maximum atomic E-state index is 3.77. The van der Waals surface area contributed by atoms with E-state index in [2.05, 4.69) is 77.6 Å². The molecule has 0 saturated heterocycles. The van der Waals surface area contributed by atoms with Crippen LogP contribution in [0.4, 0.5) is 0 Å². The molecule has 1 aromatic carbocycles. The van der Waals surface area contributed by atoms with E-state index >= 15 is 0 Å². The molecule has 2 atom stereocenters. The summed E-state index contributed by atoms with van der Waals surface area (Å²) in [6.45, 7) is 5.61. The van der Waals surface area contributed by atoms with Crippen LogP contribution in [0.15, 0.2) is 46.3 Å². The van der Waals surface area contributed by atoms with Crippen LogP contribution in [0.1, 0.15) is 43.0 Å². The van der Waals surface area contributed by atoms with Gasteiger partial charge in [-0.25, -0.2) is 0 Å². The first-order chi connectivity index (χ1) is 10.2. The Morgan fingerprint density at radius 2 is 1.86 bits per heavy atom. The van der Waals surface area contributed by atoms with Crippen molar-refractivity contribution < 1.29 is 0 Å². The molecule has 1 aromatic heterocycles. The van der Waals surface area contributed by atoms with Gasteiger partial charge in [-0.15, -0.1) is 11.3 Å². The molecule has 0 radical (unpaired) electrons. The molecule has 1 heterocycles. The highest BCUT2D eigenvalue weighted by Gasteiger charge is 2.22. The van der Waals surface area contributed by atoms with Crippen molar-refractivity contribution in [2.75, 3.05) is 6.54 Å². The summed E-state index contributed by atoms with van der Waals surface area (Å²) in [5, 5.41) is 3.77. The Balaban J connectivity index is 2.16. The van der Waals surface area contributed by atoms with Gasteiger partial charge in [-0.05, 0) is 65.4 Å². The van der Waals surface area contributed by atoms with Crippen LogP contribution in [0, 0.1) is 0 Å². The lowest BCUT2D eigenvalue weighted by Gasteiger charge is -2.27. The maximum absolute atomic E-state index is 3.77. The Morgan fingerprint density at radius 3 is 2.43 bits per heavy atom. The number of thiophene rings is 1. The number of halogens is 1. The van der Waals surface area contributed by atoms with Gasteiger partial charge >= 0.3 is 0 Å². The molecular formula is C18H24BrNS. The SMILES string of the molecule is CCCNC(Cc1ccc(Br)s1)C(CC)c1ccccc1. The average molecular weight is 366 g/mol. The molecule has 0 spiro atoms. The monoisotopic (exact) mass is 365 g/mol. The van der Waals surface area contributed by atoms with Gasteiger partial charge in [-0.1, -0.05) is 44.2 Å². The second kappa shape index (κ2) is 8.72. The van der Waals surface area contributed by atoms with Crippen LogP contribution in [0.5, 0.6) is 0 Å². The summed E-state index contributed by atoms with van der Waals surface area (Å²) in [6, 6.07) is 15.8. The Morgan fingerprint density at radius 1 is 1.10 bits per heavy atom. The molecule has 3 heteroatoms. The quantitative estimate of drug-likeness (QED) is 0.640. The van der Waals surface area contributed by atoms with E-state index in [9.17, 15) is 0 Å². The van der Waals surface area contributed by atoms with Gasteiger partial charge < -0.3 is 5.32 Å². The van der Waals surface area contributed by atoms with Gasteiger partial charge in [0.1, 0.15) is 0 Å². The molecule has 2 rings (SSSR count). The van der Waals surface area contributed by atoms with Crippen LogP contribution >= 0.6 is 27.3 Å². The number of hydrogen-bond acceptors (Lipinski definition) is 2. The van der Waals surface area contributed by atoms with Crippen LogP contribution in [0.25, 0.3) is 0 Å². The summed E-state index contributed by atoms with van der Waals surface area (Å²) in [6.07, 6.45) is 3.44. The van der Waals surface area contributed by atoms with Crippen molar-refractivity contribution in [1.82, 2.24) is 5.32 Å². The summed E-state index contributed by atoms with van der Waals surface area (Å²) in [5.74, 6) is 0.568. The first kappa shape index (κ1) is 16.7. The van der Waals surface area contributed by atoms with E-state index in [4.69, 9.17) is 0 Å². The maximum Gasteiger partial charge on any atom is 0.0701 e. The van der Waals surface area contributed by atoms with Gasteiger partial charge in [-0.3, -0.25) is 0 Å². The van der Waals surface area contributed by atoms with E-state index in [-0.39, 0.29) is 0 Å². The average Bonchev–Trinajstić information content (AvgIpc) is 2.91. The van der Waals surface area contributed by atoms with Gasteiger partial charge in [-0.2, -0.15) is 0 Å². The summed E-state index contributed by atoms with van der Waals surface area (Å²) in [7, 11) is 0. The zero-order valence-electron chi connectivity index (χ0n) is 12.8. The number of benzene rings is 1. The van der Waals surface area contributed by atoms with E-state index in [1.807, 2.05) is 11.3 Å². The highest BCUT2D eigenvalue weighted by Crippen LogP contribution is 2.29. The summed E-state index contributed by atoms with van der Waals surface area (Å²) in [5.41, 5.74) is 1.45. The zero-order valence-corrected chi connectivity index (χ0v) is 15.2. The fourth-order valence-corrected chi connectivity index (χ4v) is 4.36. The Kier molecular flexibility index (Phi) is 6.94. The molecule has 21 heavy (non-hydrogen) atoms. The van der Waals surface area contributed by atoms with Gasteiger partial charge in [0, 0.05) is 10.9 Å². The van der Waals surface area contributed by atoms with Gasteiger partial charge in [0.05, 0.1) is 3.79 Å². The molecular weight excluding hydrogens is 342 g/mol. The van der Waals surface area contributed by atoms with Crippen molar-refractivity contribution in [3.05, 3.63) is 56.7 Å². The molecule has 0 saturated carbocycles. The molecule has 114 valence electrons. The lowest BCUT2D eigenvalue weighted by atomic mass is 9.87. The van der Waals surface area contributed by atoms with E-state index in [1.54, 1.807) is 0 Å². The molecule has 0 amide bonds. The van der Waals surface area contributed by atoms with Crippen molar-refractivity contribution >= 4 is 27.3 Å². The Bertz CT molecular complexity index is 523. The Labute approximate surface area is 140 Å². The van der Waals surface area contributed by atoms with Crippen LogP contribution in [0.3, 0.4) is 0 Å². The molecule has 1 nitrogen and oxygen atoms in total. The molecule has 2 aromatic rings. The summed E-state index contributed by atoms with van der Waals surface area (Å²) in [4.78, 5) is 1.45. The van der Waals surface area contributed by atoms with Crippen LogP contribution < -0.4 is 5.32 Å². The second-order valence-corrected chi connectivity index (χ2v) is 7.94. The standard InChI is InChI=1S/C18H24BrNS/c1-3-12-20-17(13-15-10-11-18(19)21-15)16(4-2)14-8-6-5-7-9-14/h5-11,16-17,20H,3-4,12-13H2,1-2H3. The van der Waals surface area contributed by atoms with Crippen LogP contribution in [-0.2, 0) is 6.42 Å². The largest absolute Gasteiger partial charge is 0.313 e. The normalized spacial score (nSPS) is 14.0. The minimum absolute atomic E-state index is 0.503. The minimum atomic E-state index is 0.503. The molecule has 0 bridgehead atoms.